The molecule has 1 saturated heterocycles. The van der Waals surface area contributed by atoms with E-state index in [1.807, 2.05) is 31.2 Å². The van der Waals surface area contributed by atoms with E-state index in [-0.39, 0.29) is 23.3 Å². The van der Waals surface area contributed by atoms with Crippen LogP contribution in [0.1, 0.15) is 25.5 Å². The molecule has 1 atom stereocenters. The molecule has 1 amide bonds. The molecular weight excluding hydrogens is 422 g/mol. The first-order valence-corrected chi connectivity index (χ1v) is 12.2. The fourth-order valence-electron chi connectivity index (χ4n) is 3.49. The van der Waals surface area contributed by atoms with Crippen LogP contribution in [0.4, 0.5) is 0 Å². The first-order chi connectivity index (χ1) is 14.7. The summed E-state index contributed by atoms with van der Waals surface area (Å²) in [5.41, 5.74) is 1.47. The summed E-state index contributed by atoms with van der Waals surface area (Å²) in [4.78, 5) is 30.9. The van der Waals surface area contributed by atoms with Gasteiger partial charge >= 0.3 is 0 Å². The number of hydrogen-bond acceptors (Lipinski definition) is 7. The van der Waals surface area contributed by atoms with E-state index in [9.17, 15) is 9.59 Å². The summed E-state index contributed by atoms with van der Waals surface area (Å²) in [5.74, 6) is 1.72. The molecule has 2 aliphatic heterocycles. The number of aryl methyl sites for hydroxylation is 1. The van der Waals surface area contributed by atoms with Crippen molar-refractivity contribution in [2.75, 3.05) is 31.3 Å². The summed E-state index contributed by atoms with van der Waals surface area (Å²) in [5, 5.41) is 3.46. The third kappa shape index (κ3) is 4.84. The van der Waals surface area contributed by atoms with Crippen LogP contribution >= 0.6 is 23.5 Å². The molecule has 1 fully saturated rings. The van der Waals surface area contributed by atoms with Crippen molar-refractivity contribution in [2.45, 2.75) is 42.3 Å². The van der Waals surface area contributed by atoms with Crippen LogP contribution in [-0.4, -0.2) is 52.8 Å². The number of aromatic nitrogens is 2. The SMILES string of the molecule is CCOc1ccc(-n2c(SCC(=O)NC[C@H]3CCCO3)nc3c(c2=O)SCC3)cc1. The van der Waals surface area contributed by atoms with E-state index in [0.717, 1.165) is 43.1 Å². The number of thioether (sulfide) groups is 2. The Morgan fingerprint density at radius 2 is 2.23 bits per heavy atom. The van der Waals surface area contributed by atoms with Crippen LogP contribution in [0.25, 0.3) is 5.69 Å². The molecule has 0 radical (unpaired) electrons. The summed E-state index contributed by atoms with van der Waals surface area (Å²) in [7, 11) is 0. The first-order valence-electron chi connectivity index (χ1n) is 10.2. The number of amides is 1. The van der Waals surface area contributed by atoms with Gasteiger partial charge < -0.3 is 14.8 Å². The fraction of sp³-hybridized carbons (Fsp3) is 0.476. The topological polar surface area (TPSA) is 82.4 Å². The van der Waals surface area contributed by atoms with E-state index in [4.69, 9.17) is 14.5 Å². The van der Waals surface area contributed by atoms with Crippen LogP contribution in [0.2, 0.25) is 0 Å². The zero-order valence-electron chi connectivity index (χ0n) is 16.9. The van der Waals surface area contributed by atoms with Gasteiger partial charge in [0.15, 0.2) is 5.16 Å². The van der Waals surface area contributed by atoms with Crippen molar-refractivity contribution < 1.29 is 14.3 Å². The molecule has 0 spiro atoms. The van der Waals surface area contributed by atoms with Crippen LogP contribution < -0.4 is 15.6 Å². The Morgan fingerprint density at radius 3 is 2.97 bits per heavy atom. The van der Waals surface area contributed by atoms with Gasteiger partial charge in [-0.05, 0) is 44.0 Å². The summed E-state index contributed by atoms with van der Waals surface area (Å²) >= 11 is 2.83. The lowest BCUT2D eigenvalue weighted by molar-refractivity contribution is -0.119. The van der Waals surface area contributed by atoms with Gasteiger partial charge in [-0.25, -0.2) is 4.98 Å². The van der Waals surface area contributed by atoms with E-state index >= 15 is 0 Å². The van der Waals surface area contributed by atoms with Crippen LogP contribution in [0.3, 0.4) is 0 Å². The number of benzene rings is 1. The molecule has 3 heterocycles. The van der Waals surface area contributed by atoms with E-state index in [2.05, 4.69) is 5.32 Å². The summed E-state index contributed by atoms with van der Waals surface area (Å²) in [6.07, 6.45) is 2.91. The number of hydrogen-bond donors (Lipinski definition) is 1. The lowest BCUT2D eigenvalue weighted by atomic mass is 10.2. The minimum absolute atomic E-state index is 0.0751. The first kappa shape index (κ1) is 21.3. The molecule has 160 valence electrons. The lowest BCUT2D eigenvalue weighted by Crippen LogP contribution is -2.33. The van der Waals surface area contributed by atoms with Gasteiger partial charge in [0.2, 0.25) is 5.91 Å². The maximum Gasteiger partial charge on any atom is 0.272 e. The molecule has 1 N–H and O–H groups in total. The van der Waals surface area contributed by atoms with Crippen molar-refractivity contribution in [3.05, 3.63) is 40.3 Å². The van der Waals surface area contributed by atoms with E-state index in [1.54, 1.807) is 16.3 Å². The molecule has 4 rings (SSSR count). The third-order valence-electron chi connectivity index (χ3n) is 4.96. The number of ether oxygens (including phenoxy) is 2. The second kappa shape index (κ2) is 9.89. The summed E-state index contributed by atoms with van der Waals surface area (Å²) in [6.45, 7) is 3.80. The minimum Gasteiger partial charge on any atom is -0.494 e. The van der Waals surface area contributed by atoms with Crippen molar-refractivity contribution in [3.8, 4) is 11.4 Å². The summed E-state index contributed by atoms with van der Waals surface area (Å²) < 4.78 is 12.7. The average Bonchev–Trinajstić information content (AvgIpc) is 3.44. The monoisotopic (exact) mass is 447 g/mol. The lowest BCUT2D eigenvalue weighted by Gasteiger charge is -2.15. The highest BCUT2D eigenvalue weighted by Crippen LogP contribution is 2.30. The van der Waals surface area contributed by atoms with Crippen molar-refractivity contribution in [2.24, 2.45) is 0 Å². The average molecular weight is 448 g/mol. The minimum atomic E-state index is -0.0853. The molecule has 30 heavy (non-hydrogen) atoms. The zero-order chi connectivity index (χ0) is 20.9. The molecule has 0 unspecified atom stereocenters. The number of rotatable bonds is 8. The smallest absolute Gasteiger partial charge is 0.272 e. The van der Waals surface area contributed by atoms with Crippen LogP contribution in [-0.2, 0) is 16.0 Å². The van der Waals surface area contributed by atoms with Gasteiger partial charge in [-0.1, -0.05) is 11.8 Å². The maximum atomic E-state index is 13.2. The molecule has 0 aliphatic carbocycles. The van der Waals surface area contributed by atoms with Gasteiger partial charge in [-0.2, -0.15) is 0 Å². The maximum absolute atomic E-state index is 13.2. The van der Waals surface area contributed by atoms with E-state index in [0.29, 0.717) is 28.9 Å². The number of nitrogens with one attached hydrogen (secondary N) is 1. The van der Waals surface area contributed by atoms with Crippen LogP contribution in [0.5, 0.6) is 5.75 Å². The Kier molecular flexibility index (Phi) is 7.01. The third-order valence-corrected chi connectivity index (χ3v) is 7.00. The van der Waals surface area contributed by atoms with Gasteiger partial charge in [0.1, 0.15) is 5.75 Å². The largest absolute Gasteiger partial charge is 0.494 e. The second-order valence-electron chi connectivity index (χ2n) is 7.06. The number of fused-ring (bicyclic) bond motifs is 1. The van der Waals surface area contributed by atoms with Crippen LogP contribution in [0.15, 0.2) is 39.1 Å². The Labute approximate surface area is 183 Å². The molecular formula is C21H25N3O4S2. The van der Waals surface area contributed by atoms with Crippen molar-refractivity contribution >= 4 is 29.4 Å². The fourth-order valence-corrected chi connectivity index (χ4v) is 5.37. The molecule has 9 heteroatoms. The molecule has 2 aliphatic rings. The molecule has 0 bridgehead atoms. The molecule has 1 aromatic heterocycles. The molecule has 1 aromatic carbocycles. The highest BCUT2D eigenvalue weighted by molar-refractivity contribution is 8.00. The molecule has 2 aromatic rings. The van der Waals surface area contributed by atoms with Crippen LogP contribution in [0, 0.1) is 0 Å². The van der Waals surface area contributed by atoms with Crippen molar-refractivity contribution in [3.63, 3.8) is 0 Å². The number of carbonyl (C=O) groups excluding carboxylic acids is 1. The van der Waals surface area contributed by atoms with Gasteiger partial charge in [0.05, 0.1) is 34.7 Å². The Hall–Kier alpha value is -1.97. The Balaban J connectivity index is 1.53. The normalized spacial score (nSPS) is 17.7. The zero-order valence-corrected chi connectivity index (χ0v) is 18.5. The Bertz CT molecular complexity index is 956. The van der Waals surface area contributed by atoms with Crippen molar-refractivity contribution in [1.82, 2.24) is 14.9 Å². The van der Waals surface area contributed by atoms with E-state index in [1.165, 1.54) is 11.8 Å². The van der Waals surface area contributed by atoms with Crippen molar-refractivity contribution in [1.29, 1.82) is 0 Å². The van der Waals surface area contributed by atoms with Gasteiger partial charge in [-0.3, -0.25) is 14.2 Å². The highest BCUT2D eigenvalue weighted by atomic mass is 32.2. The standard InChI is InChI=1S/C21H25N3O4S2/c1-2-27-15-7-5-14(6-8-15)24-20(26)19-17(9-11-29-19)23-21(24)30-13-18(25)22-12-16-4-3-10-28-16/h5-8,16H,2-4,9-13H2,1H3,(H,22,25)/t16-/m1/s1. The van der Waals surface area contributed by atoms with Gasteiger partial charge in [-0.15, -0.1) is 11.8 Å². The quantitative estimate of drug-likeness (QED) is 0.492. The molecule has 7 nitrogen and oxygen atoms in total. The number of carbonyl (C=O) groups is 1. The number of nitrogens with zero attached hydrogens (tertiary/aromatic N) is 2. The Morgan fingerprint density at radius 1 is 1.40 bits per heavy atom. The second-order valence-corrected chi connectivity index (χ2v) is 9.11. The van der Waals surface area contributed by atoms with E-state index < -0.39 is 0 Å². The molecule has 0 saturated carbocycles. The highest BCUT2D eigenvalue weighted by Gasteiger charge is 2.23. The van der Waals surface area contributed by atoms with Gasteiger partial charge in [0.25, 0.3) is 5.56 Å². The predicted molar refractivity (Wildman–Crippen MR) is 118 cm³/mol. The predicted octanol–water partition coefficient (Wildman–Crippen LogP) is 2.67. The summed E-state index contributed by atoms with van der Waals surface area (Å²) in [6, 6.07) is 7.38. The van der Waals surface area contributed by atoms with Gasteiger partial charge in [0, 0.05) is 25.3 Å².